The van der Waals surface area contributed by atoms with Gasteiger partial charge in [0.1, 0.15) is 6.10 Å². The Labute approximate surface area is 88.2 Å². The molecule has 1 aliphatic heterocycles. The van der Waals surface area contributed by atoms with Crippen molar-refractivity contribution in [3.63, 3.8) is 0 Å². The van der Waals surface area contributed by atoms with Gasteiger partial charge in [-0.3, -0.25) is 0 Å². The molecular weight excluding hydrogens is 230 g/mol. The van der Waals surface area contributed by atoms with E-state index in [9.17, 15) is 13.6 Å². The number of carboxylic acids is 1. The second kappa shape index (κ2) is 3.43. The first kappa shape index (κ1) is 10.3. The topological polar surface area (TPSA) is 49.8 Å². The molecule has 3 nitrogen and oxygen atoms in total. The van der Waals surface area contributed by atoms with Crippen molar-refractivity contribution in [2.75, 3.05) is 0 Å². The van der Waals surface area contributed by atoms with E-state index in [4.69, 9.17) is 21.4 Å². The number of epoxide rings is 1. The molecule has 0 radical (unpaired) electrons. The highest BCUT2D eigenvalue weighted by molar-refractivity contribution is 6.31. The van der Waals surface area contributed by atoms with Crippen LogP contribution in [0.5, 0.6) is 0 Å². The Morgan fingerprint density at radius 3 is 2.53 bits per heavy atom. The third-order valence-electron chi connectivity index (χ3n) is 2.08. The fourth-order valence-corrected chi connectivity index (χ4v) is 1.55. The molecule has 1 aromatic carbocycles. The lowest BCUT2D eigenvalue weighted by atomic mass is 10.1. The lowest BCUT2D eigenvalue weighted by Gasteiger charge is -2.01. The first-order valence-corrected chi connectivity index (χ1v) is 4.41. The maximum Gasteiger partial charge on any atom is 0.335 e. The van der Waals surface area contributed by atoms with Crippen molar-refractivity contribution in [3.05, 3.63) is 34.4 Å². The fourth-order valence-electron chi connectivity index (χ4n) is 1.29. The standard InChI is InChI=1S/C9H5ClF2O3/c10-4-2-6(12)5(11)1-3(4)7-8(15-7)9(13)14/h1-2,7-8H,(H,13,14)/t7-,8+/m0/s1. The number of ether oxygens (including phenoxy) is 1. The van der Waals surface area contributed by atoms with Crippen molar-refractivity contribution in [2.24, 2.45) is 0 Å². The number of halogens is 3. The minimum absolute atomic E-state index is 0.0392. The first-order valence-electron chi connectivity index (χ1n) is 4.03. The van der Waals surface area contributed by atoms with E-state index in [1.54, 1.807) is 0 Å². The summed E-state index contributed by atoms with van der Waals surface area (Å²) < 4.78 is 30.3. The van der Waals surface area contributed by atoms with Gasteiger partial charge in [0.25, 0.3) is 0 Å². The van der Waals surface area contributed by atoms with Gasteiger partial charge in [0.05, 0.1) is 0 Å². The number of hydrogen-bond acceptors (Lipinski definition) is 2. The number of rotatable bonds is 2. The van der Waals surface area contributed by atoms with Crippen molar-refractivity contribution < 1.29 is 23.4 Å². The van der Waals surface area contributed by atoms with Gasteiger partial charge < -0.3 is 9.84 Å². The van der Waals surface area contributed by atoms with Gasteiger partial charge in [-0.05, 0) is 12.1 Å². The Bertz CT molecular complexity index is 436. The normalized spacial score (nSPS) is 23.9. The van der Waals surface area contributed by atoms with Crippen LogP contribution in [0.1, 0.15) is 11.7 Å². The van der Waals surface area contributed by atoms with Crippen LogP contribution in [-0.4, -0.2) is 17.2 Å². The summed E-state index contributed by atoms with van der Waals surface area (Å²) in [4.78, 5) is 10.5. The molecule has 1 aliphatic rings. The molecule has 1 aromatic rings. The predicted molar refractivity (Wildman–Crippen MR) is 46.6 cm³/mol. The summed E-state index contributed by atoms with van der Waals surface area (Å²) in [5.74, 6) is -3.30. The second-order valence-electron chi connectivity index (χ2n) is 3.10. The Morgan fingerprint density at radius 1 is 1.40 bits per heavy atom. The van der Waals surface area contributed by atoms with Gasteiger partial charge in [-0.15, -0.1) is 0 Å². The van der Waals surface area contributed by atoms with Crippen LogP contribution in [0.3, 0.4) is 0 Å². The zero-order valence-corrected chi connectivity index (χ0v) is 7.96. The van der Waals surface area contributed by atoms with Crippen LogP contribution < -0.4 is 0 Å². The van der Waals surface area contributed by atoms with Gasteiger partial charge in [0, 0.05) is 10.6 Å². The fraction of sp³-hybridized carbons (Fsp3) is 0.222. The number of carbonyl (C=O) groups is 1. The number of benzene rings is 1. The molecule has 6 heteroatoms. The Hall–Kier alpha value is -1.20. The van der Waals surface area contributed by atoms with E-state index >= 15 is 0 Å². The molecule has 1 heterocycles. The molecule has 0 saturated carbocycles. The zero-order valence-electron chi connectivity index (χ0n) is 7.21. The number of carboxylic acid groups (broad SMARTS) is 1. The van der Waals surface area contributed by atoms with Gasteiger partial charge >= 0.3 is 5.97 Å². The largest absolute Gasteiger partial charge is 0.479 e. The maximum absolute atomic E-state index is 12.8. The van der Waals surface area contributed by atoms with E-state index in [1.807, 2.05) is 0 Å². The zero-order chi connectivity index (χ0) is 11.2. The van der Waals surface area contributed by atoms with Crippen LogP contribution in [0, 0.1) is 11.6 Å². The Morgan fingerprint density at radius 2 is 2.00 bits per heavy atom. The van der Waals surface area contributed by atoms with Gasteiger partial charge in [-0.25, -0.2) is 13.6 Å². The van der Waals surface area contributed by atoms with E-state index in [0.717, 1.165) is 12.1 Å². The average Bonchev–Trinajstić information content (AvgIpc) is 2.90. The maximum atomic E-state index is 12.8. The van der Waals surface area contributed by atoms with E-state index in [0.29, 0.717) is 0 Å². The monoisotopic (exact) mass is 234 g/mol. The van der Waals surface area contributed by atoms with E-state index in [1.165, 1.54) is 0 Å². The van der Waals surface area contributed by atoms with Crippen molar-refractivity contribution >= 4 is 17.6 Å². The SMILES string of the molecule is O=C(O)[C@@H]1O[C@H]1c1cc(F)c(F)cc1Cl. The van der Waals surface area contributed by atoms with Gasteiger partial charge in [-0.2, -0.15) is 0 Å². The molecule has 0 bridgehead atoms. The van der Waals surface area contributed by atoms with Crippen molar-refractivity contribution in [1.29, 1.82) is 0 Å². The molecule has 1 N–H and O–H groups in total. The molecule has 0 unspecified atom stereocenters. The summed E-state index contributed by atoms with van der Waals surface area (Å²) in [5.41, 5.74) is 0.156. The van der Waals surface area contributed by atoms with Crippen LogP contribution in [-0.2, 0) is 9.53 Å². The molecule has 15 heavy (non-hydrogen) atoms. The number of aliphatic carboxylic acids is 1. The molecule has 2 atom stereocenters. The van der Waals surface area contributed by atoms with Gasteiger partial charge in [0.15, 0.2) is 17.7 Å². The van der Waals surface area contributed by atoms with Crippen molar-refractivity contribution in [2.45, 2.75) is 12.2 Å². The Kier molecular flexibility index (Phi) is 2.36. The van der Waals surface area contributed by atoms with E-state index in [2.05, 4.69) is 0 Å². The summed E-state index contributed by atoms with van der Waals surface area (Å²) in [6.45, 7) is 0. The van der Waals surface area contributed by atoms with Gasteiger partial charge in [-0.1, -0.05) is 11.6 Å². The average molecular weight is 235 g/mol. The summed E-state index contributed by atoms with van der Waals surface area (Å²) in [6, 6.07) is 1.65. The van der Waals surface area contributed by atoms with Crippen LogP contribution in [0.4, 0.5) is 8.78 Å². The Balaban J connectivity index is 2.31. The molecule has 0 spiro atoms. The van der Waals surface area contributed by atoms with Crippen molar-refractivity contribution in [1.82, 2.24) is 0 Å². The molecule has 2 rings (SSSR count). The minimum atomic E-state index is -1.15. The van der Waals surface area contributed by atoms with Crippen molar-refractivity contribution in [3.8, 4) is 0 Å². The third-order valence-corrected chi connectivity index (χ3v) is 2.41. The summed E-state index contributed by atoms with van der Waals surface area (Å²) in [7, 11) is 0. The highest BCUT2D eigenvalue weighted by Gasteiger charge is 2.47. The lowest BCUT2D eigenvalue weighted by molar-refractivity contribution is -0.138. The van der Waals surface area contributed by atoms with Crippen LogP contribution >= 0.6 is 11.6 Å². The number of hydrogen-bond donors (Lipinski definition) is 1. The summed E-state index contributed by atoms with van der Waals surface area (Å²) >= 11 is 5.63. The molecular formula is C9H5ClF2O3. The van der Waals surface area contributed by atoms with Crippen LogP contribution in [0.15, 0.2) is 12.1 Å². The molecule has 1 fully saturated rings. The summed E-state index contributed by atoms with van der Waals surface area (Å²) in [6.07, 6.45) is -1.81. The van der Waals surface area contributed by atoms with E-state index < -0.39 is 29.8 Å². The smallest absolute Gasteiger partial charge is 0.335 e. The van der Waals surface area contributed by atoms with Crippen LogP contribution in [0.2, 0.25) is 5.02 Å². The third kappa shape index (κ3) is 1.80. The highest BCUT2D eigenvalue weighted by Crippen LogP contribution is 2.42. The predicted octanol–water partition coefficient (Wildman–Crippen LogP) is 2.14. The summed E-state index contributed by atoms with van der Waals surface area (Å²) in [5, 5.41) is 8.52. The van der Waals surface area contributed by atoms with E-state index in [-0.39, 0.29) is 10.6 Å². The molecule has 0 aliphatic carbocycles. The second-order valence-corrected chi connectivity index (χ2v) is 3.51. The quantitative estimate of drug-likeness (QED) is 0.630. The van der Waals surface area contributed by atoms with Crippen LogP contribution in [0.25, 0.3) is 0 Å². The molecule has 80 valence electrons. The highest BCUT2D eigenvalue weighted by atomic mass is 35.5. The lowest BCUT2D eigenvalue weighted by Crippen LogP contribution is -2.05. The van der Waals surface area contributed by atoms with Gasteiger partial charge in [0.2, 0.25) is 0 Å². The minimum Gasteiger partial charge on any atom is -0.479 e. The molecule has 0 aromatic heterocycles. The molecule has 0 amide bonds. The first-order chi connectivity index (χ1) is 7.00. The molecule has 1 saturated heterocycles.